The Balaban J connectivity index is 2.39. The van der Waals surface area contributed by atoms with Crippen molar-refractivity contribution in [2.24, 2.45) is 4.99 Å². The van der Waals surface area contributed by atoms with E-state index in [0.717, 1.165) is 16.8 Å². The monoisotopic (exact) mass is 326 g/mol. The van der Waals surface area contributed by atoms with Gasteiger partial charge in [-0.05, 0) is 48.2 Å². The summed E-state index contributed by atoms with van der Waals surface area (Å²) in [7, 11) is 1.52. The van der Waals surface area contributed by atoms with Crippen LogP contribution in [-0.2, 0) is 0 Å². The minimum atomic E-state index is -0.498. The summed E-state index contributed by atoms with van der Waals surface area (Å²) in [6.45, 7) is 5.95. The zero-order chi connectivity index (χ0) is 17.7. The van der Waals surface area contributed by atoms with Gasteiger partial charge in [-0.3, -0.25) is 4.99 Å². The van der Waals surface area contributed by atoms with Crippen molar-refractivity contribution in [2.75, 3.05) is 7.05 Å². The number of carbonyl (C=O) groups is 1. The third-order valence-electron chi connectivity index (χ3n) is 3.64. The van der Waals surface area contributed by atoms with Crippen LogP contribution in [0.15, 0.2) is 41.4 Å². The van der Waals surface area contributed by atoms with E-state index in [1.807, 2.05) is 39.0 Å². The van der Waals surface area contributed by atoms with Gasteiger partial charge in [0.1, 0.15) is 11.5 Å². The van der Waals surface area contributed by atoms with Crippen molar-refractivity contribution in [1.82, 2.24) is 5.32 Å². The number of benzene rings is 2. The summed E-state index contributed by atoms with van der Waals surface area (Å²) in [4.78, 5) is 16.0. The lowest BCUT2D eigenvalue weighted by Crippen LogP contribution is -2.22. The molecule has 0 aliphatic heterocycles. The highest BCUT2D eigenvalue weighted by Gasteiger charge is 2.14. The quantitative estimate of drug-likeness (QED) is 0.823. The summed E-state index contributed by atoms with van der Waals surface area (Å²) < 4.78 is 5.33. The number of phenols is 1. The molecule has 0 heterocycles. The number of aromatic hydroxyl groups is 1. The number of amides is 1. The fourth-order valence-electron chi connectivity index (χ4n) is 2.25. The first-order valence-corrected chi connectivity index (χ1v) is 7.78. The van der Waals surface area contributed by atoms with Crippen LogP contribution >= 0.6 is 0 Å². The normalized spacial score (nSPS) is 11.0. The summed E-state index contributed by atoms with van der Waals surface area (Å²) in [6.07, 6.45) is 1.13. The molecule has 2 aromatic rings. The van der Waals surface area contributed by atoms with Crippen LogP contribution in [-0.4, -0.2) is 24.5 Å². The van der Waals surface area contributed by atoms with Crippen LogP contribution in [0, 0.1) is 6.92 Å². The molecule has 126 valence electrons. The van der Waals surface area contributed by atoms with Crippen molar-refractivity contribution < 1.29 is 14.6 Å². The summed E-state index contributed by atoms with van der Waals surface area (Å²) in [5.74, 6) is 0.884. The number of aliphatic imine (C=N–C) groups is 1. The molecule has 0 saturated heterocycles. The number of nitrogens with one attached hydrogen (secondary N) is 1. The van der Waals surface area contributed by atoms with Gasteiger partial charge in [0.15, 0.2) is 0 Å². The lowest BCUT2D eigenvalue weighted by atomic mass is 9.99. The number of hydrogen-bond acceptors (Lipinski definition) is 4. The first-order chi connectivity index (χ1) is 11.4. The Morgan fingerprint density at radius 1 is 1.29 bits per heavy atom. The maximum absolute atomic E-state index is 11.5. The number of rotatable bonds is 4. The second-order valence-corrected chi connectivity index (χ2v) is 5.79. The van der Waals surface area contributed by atoms with Crippen molar-refractivity contribution in [3.63, 3.8) is 0 Å². The van der Waals surface area contributed by atoms with Crippen LogP contribution in [0.2, 0.25) is 0 Å². The van der Waals surface area contributed by atoms with E-state index in [4.69, 9.17) is 4.74 Å². The molecule has 2 aromatic carbocycles. The number of para-hydroxylation sites is 1. The molecule has 24 heavy (non-hydrogen) atoms. The molecule has 5 heteroatoms. The third-order valence-corrected chi connectivity index (χ3v) is 3.64. The lowest BCUT2D eigenvalue weighted by Gasteiger charge is -2.15. The average molecular weight is 326 g/mol. The predicted molar refractivity (Wildman–Crippen MR) is 95.7 cm³/mol. The highest BCUT2D eigenvalue weighted by atomic mass is 16.6. The highest BCUT2D eigenvalue weighted by Crippen LogP contribution is 2.33. The molecule has 5 nitrogen and oxygen atoms in total. The van der Waals surface area contributed by atoms with Crippen molar-refractivity contribution in [2.45, 2.75) is 26.7 Å². The van der Waals surface area contributed by atoms with Crippen molar-refractivity contribution in [3.8, 4) is 11.5 Å². The third kappa shape index (κ3) is 4.13. The van der Waals surface area contributed by atoms with Gasteiger partial charge in [-0.25, -0.2) is 4.79 Å². The minimum absolute atomic E-state index is 0.171. The molecular weight excluding hydrogens is 304 g/mol. The number of ether oxygens (including phenoxy) is 1. The van der Waals surface area contributed by atoms with Crippen molar-refractivity contribution in [1.29, 1.82) is 0 Å². The molecule has 0 aliphatic rings. The van der Waals surface area contributed by atoms with Gasteiger partial charge >= 0.3 is 6.09 Å². The van der Waals surface area contributed by atoms with Gasteiger partial charge < -0.3 is 15.2 Å². The number of hydrogen-bond donors (Lipinski definition) is 2. The number of nitrogens with zero attached hydrogens (tertiary/aromatic N) is 1. The van der Waals surface area contributed by atoms with Gasteiger partial charge in [0.25, 0.3) is 0 Å². The Kier molecular flexibility index (Phi) is 5.58. The fraction of sp³-hybridized carbons (Fsp3) is 0.263. The van der Waals surface area contributed by atoms with Crippen LogP contribution in [0.5, 0.6) is 11.5 Å². The molecule has 0 unspecified atom stereocenters. The molecule has 0 spiro atoms. The molecule has 0 aliphatic carbocycles. The summed E-state index contributed by atoms with van der Waals surface area (Å²) >= 11 is 0. The van der Waals surface area contributed by atoms with Crippen LogP contribution in [0.25, 0.3) is 0 Å². The Hall–Kier alpha value is -2.82. The van der Waals surface area contributed by atoms with E-state index < -0.39 is 6.09 Å². The smallest absolute Gasteiger partial charge is 0.412 e. The second-order valence-electron chi connectivity index (χ2n) is 5.79. The number of aryl methyl sites for hydroxylation is 1. The Morgan fingerprint density at radius 3 is 2.62 bits per heavy atom. The van der Waals surface area contributed by atoms with Gasteiger partial charge in [0.2, 0.25) is 0 Å². The van der Waals surface area contributed by atoms with Crippen LogP contribution in [0.1, 0.15) is 36.5 Å². The second kappa shape index (κ2) is 7.64. The van der Waals surface area contributed by atoms with E-state index in [1.165, 1.54) is 7.05 Å². The van der Waals surface area contributed by atoms with E-state index >= 15 is 0 Å². The average Bonchev–Trinajstić information content (AvgIpc) is 2.55. The van der Waals surface area contributed by atoms with Gasteiger partial charge in [0, 0.05) is 18.8 Å². The van der Waals surface area contributed by atoms with Gasteiger partial charge in [-0.15, -0.1) is 0 Å². The molecule has 0 saturated carbocycles. The van der Waals surface area contributed by atoms with Gasteiger partial charge in [-0.1, -0.05) is 26.0 Å². The Labute approximate surface area is 142 Å². The summed E-state index contributed by atoms with van der Waals surface area (Å²) in [6, 6.07) is 10.7. The molecular formula is C19H22N2O3. The Bertz CT molecular complexity index is 767. The number of carbonyl (C=O) groups excluding carboxylic acids is 1. The van der Waals surface area contributed by atoms with Gasteiger partial charge in [0.05, 0.1) is 5.69 Å². The largest absolute Gasteiger partial charge is 0.507 e. The van der Waals surface area contributed by atoms with E-state index in [9.17, 15) is 9.90 Å². The number of phenolic OH excluding ortho intramolecular Hbond substituents is 1. The molecule has 0 atom stereocenters. The zero-order valence-corrected chi connectivity index (χ0v) is 14.3. The SMILES string of the molecule is CNC(=O)Oc1cc(C)c(N=Cc2ccccc2O)cc1C(C)C. The molecule has 2 N–H and O–H groups in total. The van der Waals surface area contributed by atoms with Crippen molar-refractivity contribution >= 4 is 18.0 Å². The van der Waals surface area contributed by atoms with Crippen LogP contribution in [0.3, 0.4) is 0 Å². The Morgan fingerprint density at radius 2 is 2.00 bits per heavy atom. The maximum Gasteiger partial charge on any atom is 0.412 e. The summed E-state index contributed by atoms with van der Waals surface area (Å²) in [5, 5.41) is 12.3. The van der Waals surface area contributed by atoms with E-state index in [-0.39, 0.29) is 11.7 Å². The highest BCUT2D eigenvalue weighted by molar-refractivity contribution is 5.85. The molecule has 0 aromatic heterocycles. The maximum atomic E-state index is 11.5. The first kappa shape index (κ1) is 17.5. The molecule has 1 amide bonds. The fourth-order valence-corrected chi connectivity index (χ4v) is 2.25. The minimum Gasteiger partial charge on any atom is -0.507 e. The van der Waals surface area contributed by atoms with Crippen molar-refractivity contribution in [3.05, 3.63) is 53.1 Å². The molecule has 2 rings (SSSR count). The van der Waals surface area contributed by atoms with Crippen LogP contribution < -0.4 is 10.1 Å². The molecule has 0 radical (unpaired) electrons. The topological polar surface area (TPSA) is 70.9 Å². The molecule has 0 bridgehead atoms. The van der Waals surface area contributed by atoms with Crippen LogP contribution in [0.4, 0.5) is 10.5 Å². The predicted octanol–water partition coefficient (Wildman–Crippen LogP) is 4.29. The van der Waals surface area contributed by atoms with E-state index in [0.29, 0.717) is 11.3 Å². The van der Waals surface area contributed by atoms with E-state index in [2.05, 4.69) is 10.3 Å². The molecule has 0 fully saturated rings. The first-order valence-electron chi connectivity index (χ1n) is 7.78. The standard InChI is InChI=1S/C19H22N2O3/c1-12(2)15-10-16(13(3)9-18(15)24-19(23)20-4)21-11-14-7-5-6-8-17(14)22/h5-12,22H,1-4H3,(H,20,23). The van der Waals surface area contributed by atoms with Gasteiger partial charge in [-0.2, -0.15) is 0 Å². The summed E-state index contributed by atoms with van der Waals surface area (Å²) in [5.41, 5.74) is 3.19. The lowest BCUT2D eigenvalue weighted by molar-refractivity contribution is 0.202. The zero-order valence-electron chi connectivity index (χ0n) is 14.3. The van der Waals surface area contributed by atoms with E-state index in [1.54, 1.807) is 24.4 Å².